The van der Waals surface area contributed by atoms with Crippen molar-refractivity contribution in [1.82, 2.24) is 15.5 Å². The van der Waals surface area contributed by atoms with Crippen LogP contribution in [-0.2, 0) is 11.3 Å². The average molecular weight is 391 g/mol. The Bertz CT molecular complexity index is 832. The zero-order chi connectivity index (χ0) is 17.6. The number of benzene rings is 1. The van der Waals surface area contributed by atoms with Crippen molar-refractivity contribution in [2.45, 2.75) is 30.0 Å². The Morgan fingerprint density at radius 1 is 1.24 bits per heavy atom. The number of thioether (sulfide) groups is 1. The fourth-order valence-electron chi connectivity index (χ4n) is 2.07. The van der Waals surface area contributed by atoms with Crippen LogP contribution in [-0.4, -0.2) is 21.4 Å². The maximum absolute atomic E-state index is 12.2. The lowest BCUT2D eigenvalue weighted by molar-refractivity contribution is -0.120. The highest BCUT2D eigenvalue weighted by Gasteiger charge is 2.17. The number of carbonyl (C=O) groups is 1. The zero-order valence-electron chi connectivity index (χ0n) is 13.9. The topological polar surface area (TPSA) is 66.9 Å². The summed E-state index contributed by atoms with van der Waals surface area (Å²) < 4.78 is 0.773. The highest BCUT2D eigenvalue weighted by Crippen LogP contribution is 2.31. The van der Waals surface area contributed by atoms with Crippen molar-refractivity contribution in [1.29, 1.82) is 0 Å². The molecule has 5 nitrogen and oxygen atoms in total. The Kier molecular flexibility index (Phi) is 6.06. The van der Waals surface area contributed by atoms with Crippen LogP contribution in [0.15, 0.2) is 46.1 Å². The number of thiophene rings is 1. The molecule has 0 saturated carbocycles. The Labute approximate surface area is 158 Å². The number of aromatic nitrogens is 2. The second-order valence-corrected chi connectivity index (χ2v) is 8.97. The van der Waals surface area contributed by atoms with Gasteiger partial charge in [-0.05, 0) is 36.9 Å². The van der Waals surface area contributed by atoms with Crippen molar-refractivity contribution in [3.63, 3.8) is 0 Å². The van der Waals surface area contributed by atoms with Crippen LogP contribution in [0.1, 0.15) is 17.4 Å². The van der Waals surface area contributed by atoms with E-state index in [1.165, 1.54) is 23.1 Å². The van der Waals surface area contributed by atoms with Gasteiger partial charge in [-0.1, -0.05) is 47.4 Å². The van der Waals surface area contributed by atoms with E-state index in [9.17, 15) is 4.79 Å². The van der Waals surface area contributed by atoms with Crippen LogP contribution in [0.2, 0.25) is 0 Å². The molecule has 0 bridgehead atoms. The summed E-state index contributed by atoms with van der Waals surface area (Å²) in [6, 6.07) is 12.0. The molecule has 1 aromatic carbocycles. The number of rotatable bonds is 7. The molecule has 25 heavy (non-hydrogen) atoms. The van der Waals surface area contributed by atoms with E-state index in [0.29, 0.717) is 6.54 Å². The van der Waals surface area contributed by atoms with E-state index in [-0.39, 0.29) is 11.2 Å². The fraction of sp³-hybridized carbons (Fsp3) is 0.235. The lowest BCUT2D eigenvalue weighted by atomic mass is 10.2. The standard InChI is InChI=1S/C17H18N4OS3/c1-11-6-3-4-8-14(11)19-16-20-21-17(25-16)24-12(2)15(22)18-10-13-7-5-9-23-13/h3-9,12H,10H2,1-2H3,(H,18,22)(H,19,20)/t12-/m0/s1. The number of para-hydroxylation sites is 1. The van der Waals surface area contributed by atoms with Gasteiger partial charge in [0.05, 0.1) is 11.8 Å². The number of hydrogen-bond acceptors (Lipinski definition) is 7. The molecule has 1 amide bonds. The van der Waals surface area contributed by atoms with Gasteiger partial charge in [-0.2, -0.15) is 0 Å². The highest BCUT2D eigenvalue weighted by molar-refractivity contribution is 8.02. The second kappa shape index (κ2) is 8.46. The molecular weight excluding hydrogens is 372 g/mol. The van der Waals surface area contributed by atoms with Crippen molar-refractivity contribution in [2.75, 3.05) is 5.32 Å². The zero-order valence-corrected chi connectivity index (χ0v) is 16.3. The van der Waals surface area contributed by atoms with E-state index in [2.05, 4.69) is 20.8 Å². The van der Waals surface area contributed by atoms with Crippen LogP contribution in [0.25, 0.3) is 0 Å². The van der Waals surface area contributed by atoms with Crippen molar-refractivity contribution in [2.24, 2.45) is 0 Å². The Morgan fingerprint density at radius 3 is 2.84 bits per heavy atom. The molecule has 0 fully saturated rings. The third-order valence-corrected chi connectivity index (χ3v) is 6.36. The molecule has 0 aliphatic carbocycles. The number of anilines is 2. The summed E-state index contributed by atoms with van der Waals surface area (Å²) in [5.41, 5.74) is 2.16. The third kappa shape index (κ3) is 5.04. The summed E-state index contributed by atoms with van der Waals surface area (Å²) in [4.78, 5) is 13.3. The molecule has 8 heteroatoms. The maximum atomic E-state index is 12.2. The first-order valence-electron chi connectivity index (χ1n) is 7.75. The molecule has 0 unspecified atom stereocenters. The summed E-state index contributed by atoms with van der Waals surface area (Å²) >= 11 is 4.51. The predicted molar refractivity (Wildman–Crippen MR) is 106 cm³/mol. The van der Waals surface area contributed by atoms with E-state index in [1.54, 1.807) is 11.3 Å². The van der Waals surface area contributed by atoms with Gasteiger partial charge in [0.25, 0.3) is 0 Å². The molecule has 3 rings (SSSR count). The average Bonchev–Trinajstić information content (AvgIpc) is 3.27. The summed E-state index contributed by atoms with van der Waals surface area (Å²) in [7, 11) is 0. The summed E-state index contributed by atoms with van der Waals surface area (Å²) in [6.07, 6.45) is 0. The lowest BCUT2D eigenvalue weighted by Gasteiger charge is -2.09. The third-order valence-electron chi connectivity index (χ3n) is 3.46. The molecule has 0 aliphatic heterocycles. The van der Waals surface area contributed by atoms with Crippen LogP contribution < -0.4 is 10.6 Å². The molecule has 0 aliphatic rings. The van der Waals surface area contributed by atoms with E-state index in [4.69, 9.17) is 0 Å². The molecule has 3 aromatic rings. The first kappa shape index (κ1) is 17.9. The lowest BCUT2D eigenvalue weighted by Crippen LogP contribution is -2.30. The maximum Gasteiger partial charge on any atom is 0.233 e. The van der Waals surface area contributed by atoms with E-state index < -0.39 is 0 Å². The smallest absolute Gasteiger partial charge is 0.233 e. The fourth-order valence-corrected chi connectivity index (χ4v) is 4.65. The van der Waals surface area contributed by atoms with Crippen molar-refractivity contribution in [3.8, 4) is 0 Å². The molecule has 2 heterocycles. The van der Waals surface area contributed by atoms with Crippen LogP contribution in [0, 0.1) is 6.92 Å². The first-order chi connectivity index (χ1) is 12.1. The van der Waals surface area contributed by atoms with Gasteiger partial charge in [0, 0.05) is 10.6 Å². The number of hydrogen-bond donors (Lipinski definition) is 2. The number of nitrogens with one attached hydrogen (secondary N) is 2. The quantitative estimate of drug-likeness (QED) is 0.584. The van der Waals surface area contributed by atoms with Crippen LogP contribution >= 0.6 is 34.4 Å². The Hall–Kier alpha value is -1.90. The van der Waals surface area contributed by atoms with E-state index >= 15 is 0 Å². The van der Waals surface area contributed by atoms with E-state index in [0.717, 1.165) is 25.6 Å². The molecule has 1 atom stereocenters. The van der Waals surface area contributed by atoms with Gasteiger partial charge in [-0.15, -0.1) is 21.5 Å². The Balaban J connectivity index is 1.53. The minimum atomic E-state index is -0.223. The normalized spacial score (nSPS) is 11.9. The van der Waals surface area contributed by atoms with Gasteiger partial charge in [0.1, 0.15) is 0 Å². The highest BCUT2D eigenvalue weighted by atomic mass is 32.2. The van der Waals surface area contributed by atoms with Gasteiger partial charge in [-0.3, -0.25) is 4.79 Å². The largest absolute Gasteiger partial charge is 0.350 e. The van der Waals surface area contributed by atoms with Gasteiger partial charge in [0.15, 0.2) is 4.34 Å². The number of amides is 1. The van der Waals surface area contributed by atoms with Gasteiger partial charge >= 0.3 is 0 Å². The molecule has 2 aromatic heterocycles. The SMILES string of the molecule is Cc1ccccc1Nc1nnc(S[C@@H](C)C(=O)NCc2cccs2)s1. The van der Waals surface area contributed by atoms with Crippen molar-refractivity contribution in [3.05, 3.63) is 52.2 Å². The van der Waals surface area contributed by atoms with Crippen molar-refractivity contribution >= 4 is 51.2 Å². The molecule has 0 spiro atoms. The monoisotopic (exact) mass is 390 g/mol. The van der Waals surface area contributed by atoms with Crippen LogP contribution in [0.5, 0.6) is 0 Å². The molecule has 130 valence electrons. The second-order valence-electron chi connectivity index (χ2n) is 5.37. The summed E-state index contributed by atoms with van der Waals surface area (Å²) in [5.74, 6) is 0.00186. The van der Waals surface area contributed by atoms with Gasteiger partial charge < -0.3 is 10.6 Å². The van der Waals surface area contributed by atoms with Crippen molar-refractivity contribution < 1.29 is 4.79 Å². The number of carbonyl (C=O) groups excluding carboxylic acids is 1. The number of aryl methyl sites for hydroxylation is 1. The summed E-state index contributed by atoms with van der Waals surface area (Å²) in [6.45, 7) is 4.49. The predicted octanol–water partition coefficient (Wildman–Crippen LogP) is 4.45. The van der Waals surface area contributed by atoms with Gasteiger partial charge in [0.2, 0.25) is 11.0 Å². The van der Waals surface area contributed by atoms with Crippen LogP contribution in [0.3, 0.4) is 0 Å². The number of nitrogens with zero attached hydrogens (tertiary/aromatic N) is 2. The van der Waals surface area contributed by atoms with Gasteiger partial charge in [-0.25, -0.2) is 0 Å². The minimum Gasteiger partial charge on any atom is -0.350 e. The summed E-state index contributed by atoms with van der Waals surface area (Å²) in [5, 5.41) is 17.1. The van der Waals surface area contributed by atoms with E-state index in [1.807, 2.05) is 55.6 Å². The first-order valence-corrected chi connectivity index (χ1v) is 10.3. The molecule has 0 saturated heterocycles. The molecule has 0 radical (unpaired) electrons. The molecule has 2 N–H and O–H groups in total. The van der Waals surface area contributed by atoms with Crippen LogP contribution in [0.4, 0.5) is 10.8 Å². The molecular formula is C17H18N4OS3. The minimum absolute atomic E-state index is 0.00186. The Morgan fingerprint density at radius 2 is 2.08 bits per heavy atom.